The Morgan fingerprint density at radius 3 is 2.64 bits per heavy atom. The van der Waals surface area contributed by atoms with Crippen LogP contribution in [0.4, 0.5) is 0 Å². The third-order valence-corrected chi connectivity index (χ3v) is 2.85. The van der Waals surface area contributed by atoms with E-state index in [2.05, 4.69) is 6.92 Å². The molecule has 0 radical (unpaired) electrons. The third-order valence-electron chi connectivity index (χ3n) is 2.85. The van der Waals surface area contributed by atoms with Crippen molar-refractivity contribution in [2.75, 3.05) is 13.1 Å². The van der Waals surface area contributed by atoms with Crippen molar-refractivity contribution >= 4 is 12.2 Å². The molecule has 1 aliphatic rings. The standard InChI is InChI=1S/C11H19NO2/c1-10-5-7-12(8-6-10)11(14)4-2-3-9-13/h9-10H,2-8H2,1H3. The van der Waals surface area contributed by atoms with Crippen LogP contribution < -0.4 is 0 Å². The number of piperidine rings is 1. The Labute approximate surface area is 85.5 Å². The normalized spacial score (nSPS) is 18.2. The molecule has 1 aliphatic heterocycles. The number of likely N-dealkylation sites (tertiary alicyclic amines) is 1. The minimum atomic E-state index is 0.221. The Balaban J connectivity index is 2.20. The molecule has 0 spiro atoms. The molecule has 0 N–H and O–H groups in total. The number of nitrogens with zero attached hydrogens (tertiary/aromatic N) is 1. The number of aldehydes is 1. The smallest absolute Gasteiger partial charge is 0.222 e. The van der Waals surface area contributed by atoms with Gasteiger partial charge in [-0.1, -0.05) is 6.92 Å². The van der Waals surface area contributed by atoms with Crippen molar-refractivity contribution in [2.45, 2.75) is 39.0 Å². The van der Waals surface area contributed by atoms with E-state index in [0.29, 0.717) is 19.3 Å². The molecule has 1 fully saturated rings. The number of hydrogen-bond acceptors (Lipinski definition) is 2. The van der Waals surface area contributed by atoms with Crippen molar-refractivity contribution in [3.05, 3.63) is 0 Å². The number of rotatable bonds is 4. The van der Waals surface area contributed by atoms with Crippen LogP contribution in [0.25, 0.3) is 0 Å². The topological polar surface area (TPSA) is 37.4 Å². The highest BCUT2D eigenvalue weighted by Crippen LogP contribution is 2.16. The summed E-state index contributed by atoms with van der Waals surface area (Å²) in [5.41, 5.74) is 0. The second kappa shape index (κ2) is 5.78. The fraction of sp³-hybridized carbons (Fsp3) is 0.818. The van der Waals surface area contributed by atoms with Crippen molar-refractivity contribution in [1.82, 2.24) is 4.90 Å². The maximum absolute atomic E-state index is 11.6. The fourth-order valence-electron chi connectivity index (χ4n) is 1.75. The second-order valence-corrected chi connectivity index (χ2v) is 4.12. The molecule has 1 rings (SSSR count). The Kier molecular flexibility index (Phi) is 4.63. The largest absolute Gasteiger partial charge is 0.343 e. The lowest BCUT2D eigenvalue weighted by atomic mass is 9.99. The van der Waals surface area contributed by atoms with E-state index >= 15 is 0 Å². The van der Waals surface area contributed by atoms with Crippen molar-refractivity contribution < 1.29 is 9.59 Å². The summed E-state index contributed by atoms with van der Waals surface area (Å²) in [7, 11) is 0. The highest BCUT2D eigenvalue weighted by atomic mass is 16.2. The minimum absolute atomic E-state index is 0.221. The summed E-state index contributed by atoms with van der Waals surface area (Å²) in [6.07, 6.45) is 4.88. The summed E-state index contributed by atoms with van der Waals surface area (Å²) in [6.45, 7) is 4.04. The van der Waals surface area contributed by atoms with E-state index in [1.54, 1.807) is 0 Å². The average Bonchev–Trinajstić information content (AvgIpc) is 2.19. The molecule has 3 heteroatoms. The van der Waals surface area contributed by atoms with Gasteiger partial charge >= 0.3 is 0 Å². The molecule has 0 aliphatic carbocycles. The highest BCUT2D eigenvalue weighted by molar-refractivity contribution is 5.76. The molecule has 0 saturated carbocycles. The summed E-state index contributed by atoms with van der Waals surface area (Å²) in [5, 5.41) is 0. The van der Waals surface area contributed by atoms with E-state index in [1.807, 2.05) is 4.90 Å². The number of hydrogen-bond donors (Lipinski definition) is 0. The zero-order valence-corrected chi connectivity index (χ0v) is 8.87. The zero-order valence-electron chi connectivity index (χ0n) is 8.87. The third kappa shape index (κ3) is 3.48. The quantitative estimate of drug-likeness (QED) is 0.507. The van der Waals surface area contributed by atoms with E-state index in [0.717, 1.165) is 38.1 Å². The molecule has 80 valence electrons. The van der Waals surface area contributed by atoms with E-state index in [4.69, 9.17) is 0 Å². The molecule has 1 heterocycles. The Bertz CT molecular complexity index is 195. The summed E-state index contributed by atoms with van der Waals surface area (Å²) < 4.78 is 0. The Morgan fingerprint density at radius 2 is 2.07 bits per heavy atom. The van der Waals surface area contributed by atoms with Crippen LogP contribution in [0.15, 0.2) is 0 Å². The molecule has 3 nitrogen and oxygen atoms in total. The lowest BCUT2D eigenvalue weighted by Gasteiger charge is -2.30. The number of unbranched alkanes of at least 4 members (excludes halogenated alkanes) is 1. The molecular formula is C11H19NO2. The van der Waals surface area contributed by atoms with Crippen LogP contribution in [-0.2, 0) is 9.59 Å². The first-order chi connectivity index (χ1) is 6.74. The molecule has 0 aromatic heterocycles. The van der Waals surface area contributed by atoms with Crippen LogP contribution in [0.2, 0.25) is 0 Å². The van der Waals surface area contributed by atoms with E-state index in [9.17, 15) is 9.59 Å². The summed E-state index contributed by atoms with van der Waals surface area (Å²) in [4.78, 5) is 23.6. The predicted octanol–water partition coefficient (Wildman–Crippen LogP) is 1.61. The first-order valence-electron chi connectivity index (χ1n) is 5.45. The predicted molar refractivity (Wildman–Crippen MR) is 54.9 cm³/mol. The lowest BCUT2D eigenvalue weighted by Crippen LogP contribution is -2.37. The second-order valence-electron chi connectivity index (χ2n) is 4.12. The zero-order chi connectivity index (χ0) is 10.4. The van der Waals surface area contributed by atoms with Gasteiger partial charge in [0.15, 0.2) is 0 Å². The maximum Gasteiger partial charge on any atom is 0.222 e. The fourth-order valence-corrected chi connectivity index (χ4v) is 1.75. The molecule has 0 atom stereocenters. The minimum Gasteiger partial charge on any atom is -0.343 e. The number of amides is 1. The van der Waals surface area contributed by atoms with Crippen LogP contribution in [-0.4, -0.2) is 30.2 Å². The Hall–Kier alpha value is -0.860. The maximum atomic E-state index is 11.6. The molecule has 1 saturated heterocycles. The summed E-state index contributed by atoms with van der Waals surface area (Å²) in [5.74, 6) is 0.979. The molecular weight excluding hydrogens is 178 g/mol. The van der Waals surface area contributed by atoms with Gasteiger partial charge in [0.05, 0.1) is 0 Å². The van der Waals surface area contributed by atoms with Gasteiger partial charge in [-0.3, -0.25) is 4.79 Å². The molecule has 14 heavy (non-hydrogen) atoms. The molecule has 0 aromatic rings. The van der Waals surface area contributed by atoms with Crippen molar-refractivity contribution in [2.24, 2.45) is 5.92 Å². The van der Waals surface area contributed by atoms with Crippen LogP contribution in [0.3, 0.4) is 0 Å². The SMILES string of the molecule is CC1CCN(C(=O)CCCC=O)CC1. The van der Waals surface area contributed by atoms with Crippen molar-refractivity contribution in [1.29, 1.82) is 0 Å². The number of carbonyl (C=O) groups excluding carboxylic acids is 2. The first kappa shape index (κ1) is 11.2. The van der Waals surface area contributed by atoms with Crippen LogP contribution in [0.1, 0.15) is 39.0 Å². The summed E-state index contributed by atoms with van der Waals surface area (Å²) >= 11 is 0. The van der Waals surface area contributed by atoms with E-state index < -0.39 is 0 Å². The molecule has 1 amide bonds. The van der Waals surface area contributed by atoms with Gasteiger partial charge in [0.2, 0.25) is 5.91 Å². The van der Waals surface area contributed by atoms with Gasteiger partial charge in [0.25, 0.3) is 0 Å². The highest BCUT2D eigenvalue weighted by Gasteiger charge is 2.19. The van der Waals surface area contributed by atoms with Gasteiger partial charge in [-0.15, -0.1) is 0 Å². The molecule has 0 bridgehead atoms. The van der Waals surface area contributed by atoms with Crippen molar-refractivity contribution in [3.8, 4) is 0 Å². The van der Waals surface area contributed by atoms with E-state index in [-0.39, 0.29) is 5.91 Å². The monoisotopic (exact) mass is 197 g/mol. The van der Waals surface area contributed by atoms with Gasteiger partial charge in [-0.2, -0.15) is 0 Å². The van der Waals surface area contributed by atoms with E-state index in [1.165, 1.54) is 0 Å². The van der Waals surface area contributed by atoms with Crippen LogP contribution in [0, 0.1) is 5.92 Å². The molecule has 0 aromatic carbocycles. The van der Waals surface area contributed by atoms with Gasteiger partial charge in [0, 0.05) is 25.9 Å². The Morgan fingerprint density at radius 1 is 1.43 bits per heavy atom. The van der Waals surface area contributed by atoms with Gasteiger partial charge < -0.3 is 9.69 Å². The number of carbonyl (C=O) groups is 2. The van der Waals surface area contributed by atoms with Gasteiger partial charge in [-0.05, 0) is 25.2 Å². The average molecular weight is 197 g/mol. The first-order valence-corrected chi connectivity index (χ1v) is 5.45. The lowest BCUT2D eigenvalue weighted by molar-refractivity contribution is -0.132. The molecule has 0 unspecified atom stereocenters. The van der Waals surface area contributed by atoms with Gasteiger partial charge in [-0.25, -0.2) is 0 Å². The van der Waals surface area contributed by atoms with Crippen molar-refractivity contribution in [3.63, 3.8) is 0 Å². The summed E-state index contributed by atoms with van der Waals surface area (Å²) in [6, 6.07) is 0. The van der Waals surface area contributed by atoms with Gasteiger partial charge in [0.1, 0.15) is 6.29 Å². The van der Waals surface area contributed by atoms with Crippen LogP contribution >= 0.6 is 0 Å². The van der Waals surface area contributed by atoms with Crippen LogP contribution in [0.5, 0.6) is 0 Å².